The molecule has 0 aliphatic rings. The summed E-state index contributed by atoms with van der Waals surface area (Å²) in [6.45, 7) is 0. The van der Waals surface area contributed by atoms with Crippen molar-refractivity contribution < 1.29 is 20.6 Å². The monoisotopic (exact) mass is 658 g/mol. The molecule has 9 aromatic rings. The SMILES string of the molecule is [2H]c1c([2H])c(-c2nc(-c3ccccc3)nc(-c3ccc(-c4ccccc4)cc3)n2)c([2H])c(-c2c([2H])c([2H])c([2H])c(-c3c([2H])c([2H])c([2H])c4c3sc3c([2H])c([2H])c([2H])c([2H])c34)c2[2H])c1[2H]. The zero-order valence-electron chi connectivity index (χ0n) is 40.3. The van der Waals surface area contributed by atoms with E-state index in [4.69, 9.17) is 27.8 Å². The van der Waals surface area contributed by atoms with E-state index in [2.05, 4.69) is 4.98 Å². The van der Waals surface area contributed by atoms with Crippen LogP contribution in [0.4, 0.5) is 0 Å². The molecular weight excluding hydrogens is 615 g/mol. The maximum absolute atomic E-state index is 9.60. The zero-order valence-corrected chi connectivity index (χ0v) is 26.1. The van der Waals surface area contributed by atoms with Gasteiger partial charge in [-0.2, -0.15) is 0 Å². The van der Waals surface area contributed by atoms with Crippen LogP contribution in [0.25, 0.3) is 87.7 Å². The van der Waals surface area contributed by atoms with E-state index in [1.54, 1.807) is 30.3 Å². The van der Waals surface area contributed by atoms with Crippen LogP contribution in [0.2, 0.25) is 0 Å². The Morgan fingerprint density at radius 1 is 0.388 bits per heavy atom. The number of hydrogen-bond acceptors (Lipinski definition) is 4. The molecule has 0 spiro atoms. The van der Waals surface area contributed by atoms with Crippen LogP contribution >= 0.6 is 11.3 Å². The van der Waals surface area contributed by atoms with Gasteiger partial charge in [-0.25, -0.2) is 15.0 Å². The minimum atomic E-state index is -0.796. The third kappa shape index (κ3) is 5.58. The van der Waals surface area contributed by atoms with Gasteiger partial charge in [0.15, 0.2) is 17.5 Å². The molecule has 0 N–H and O–H groups in total. The Balaban J connectivity index is 1.32. The lowest BCUT2D eigenvalue weighted by atomic mass is 9.97. The topological polar surface area (TPSA) is 38.7 Å². The van der Waals surface area contributed by atoms with Crippen molar-refractivity contribution in [3.8, 4) is 67.5 Å². The highest BCUT2D eigenvalue weighted by Gasteiger charge is 2.15. The fraction of sp³-hybridized carbons (Fsp3) is 0. The summed E-state index contributed by atoms with van der Waals surface area (Å²) in [7, 11) is 0. The van der Waals surface area contributed by atoms with E-state index in [0.29, 0.717) is 11.1 Å². The van der Waals surface area contributed by atoms with Gasteiger partial charge in [0.05, 0.1) is 20.6 Å². The molecule has 230 valence electrons. The standard InChI is InChI=1S/C45H29N3S/c1-3-12-30(13-4-1)31-24-26-33(27-25-31)44-46-43(32-14-5-2-6-15-32)47-45(48-44)37-19-10-17-35(29-37)34-16-9-18-36(28-34)38-21-11-22-40-39-20-7-8-23-41(39)49-42(38)40/h1-29H/i7D,8D,9D,10D,11D,16D,17D,18D,19D,20D,21D,22D,23D,28D,29D. The van der Waals surface area contributed by atoms with E-state index in [1.165, 1.54) is 0 Å². The number of fused-ring (bicyclic) bond motifs is 3. The van der Waals surface area contributed by atoms with Gasteiger partial charge in [-0.1, -0.05) is 157 Å². The third-order valence-corrected chi connectivity index (χ3v) is 8.95. The summed E-state index contributed by atoms with van der Waals surface area (Å²) in [6, 6.07) is 16.2. The molecule has 0 bridgehead atoms. The quantitative estimate of drug-likeness (QED) is 0.178. The van der Waals surface area contributed by atoms with Crippen molar-refractivity contribution in [3.05, 3.63) is 176 Å². The van der Waals surface area contributed by atoms with Crippen LogP contribution in [0, 0.1) is 0 Å². The molecule has 0 unspecified atom stereocenters. The number of benzene rings is 7. The maximum Gasteiger partial charge on any atom is 0.164 e. The van der Waals surface area contributed by atoms with Gasteiger partial charge in [0, 0.05) is 36.9 Å². The highest BCUT2D eigenvalue weighted by Crippen LogP contribution is 2.40. The van der Waals surface area contributed by atoms with Crippen LogP contribution in [0.1, 0.15) is 20.6 Å². The summed E-state index contributed by atoms with van der Waals surface area (Å²) >= 11 is 0.762. The molecular formula is C45H29N3S. The number of hydrogen-bond donors (Lipinski definition) is 0. The van der Waals surface area contributed by atoms with Crippen LogP contribution in [0.3, 0.4) is 0 Å². The van der Waals surface area contributed by atoms with Gasteiger partial charge in [0.1, 0.15) is 0 Å². The van der Waals surface area contributed by atoms with Crippen LogP contribution in [0.5, 0.6) is 0 Å². The highest BCUT2D eigenvalue weighted by molar-refractivity contribution is 7.26. The van der Waals surface area contributed by atoms with Crippen LogP contribution < -0.4 is 0 Å². The lowest BCUT2D eigenvalue weighted by Crippen LogP contribution is -2.00. The zero-order chi connectivity index (χ0) is 45.6. The molecule has 0 radical (unpaired) electrons. The van der Waals surface area contributed by atoms with E-state index < -0.39 is 107 Å². The maximum atomic E-state index is 9.60. The molecule has 0 atom stereocenters. The summed E-state index contributed by atoms with van der Waals surface area (Å²) < 4.78 is 134. The fourth-order valence-electron chi connectivity index (χ4n) is 5.45. The van der Waals surface area contributed by atoms with Crippen LogP contribution in [-0.4, -0.2) is 15.0 Å². The molecule has 0 fully saturated rings. The van der Waals surface area contributed by atoms with Crippen molar-refractivity contribution in [1.82, 2.24) is 15.0 Å². The molecule has 0 amide bonds. The average Bonchev–Trinajstić information content (AvgIpc) is 3.71. The third-order valence-electron chi connectivity index (χ3n) is 7.83. The number of aromatic nitrogens is 3. The van der Waals surface area contributed by atoms with E-state index in [-0.39, 0.29) is 48.8 Å². The van der Waals surface area contributed by atoms with Gasteiger partial charge < -0.3 is 0 Å². The Morgan fingerprint density at radius 3 is 1.59 bits per heavy atom. The molecule has 2 heterocycles. The van der Waals surface area contributed by atoms with Gasteiger partial charge in [0.2, 0.25) is 0 Å². The van der Waals surface area contributed by atoms with Gasteiger partial charge in [-0.15, -0.1) is 11.3 Å². The molecule has 7 aromatic carbocycles. The first kappa shape index (κ1) is 17.3. The number of thiophene rings is 1. The number of rotatable bonds is 6. The van der Waals surface area contributed by atoms with Crippen molar-refractivity contribution in [2.24, 2.45) is 0 Å². The second kappa shape index (κ2) is 12.4. The molecule has 0 aliphatic heterocycles. The summed E-state index contributed by atoms with van der Waals surface area (Å²) in [6.07, 6.45) is 0. The first-order valence-corrected chi connectivity index (χ1v) is 16.0. The molecule has 0 saturated carbocycles. The van der Waals surface area contributed by atoms with Crippen molar-refractivity contribution in [1.29, 1.82) is 0 Å². The van der Waals surface area contributed by atoms with Crippen molar-refractivity contribution in [3.63, 3.8) is 0 Å². The summed E-state index contributed by atoms with van der Waals surface area (Å²) in [5.74, 6) is 0.0860. The summed E-state index contributed by atoms with van der Waals surface area (Å²) in [5.41, 5.74) is 0.769. The number of nitrogens with zero attached hydrogens (tertiary/aromatic N) is 3. The Morgan fingerprint density at radius 2 is 0.878 bits per heavy atom. The largest absolute Gasteiger partial charge is 0.208 e. The first-order chi connectivity index (χ1) is 30.5. The molecule has 9 rings (SSSR count). The Kier molecular flexibility index (Phi) is 4.37. The smallest absolute Gasteiger partial charge is 0.164 e. The van der Waals surface area contributed by atoms with E-state index in [1.807, 2.05) is 54.6 Å². The Labute approximate surface area is 310 Å². The summed E-state index contributed by atoms with van der Waals surface area (Å²) in [5, 5.41) is -0.224. The van der Waals surface area contributed by atoms with Crippen LogP contribution in [-0.2, 0) is 0 Å². The van der Waals surface area contributed by atoms with Gasteiger partial charge in [0.25, 0.3) is 0 Å². The van der Waals surface area contributed by atoms with E-state index in [9.17, 15) is 2.74 Å². The van der Waals surface area contributed by atoms with E-state index in [0.717, 1.165) is 22.5 Å². The predicted molar refractivity (Wildman–Crippen MR) is 205 cm³/mol. The molecule has 0 saturated heterocycles. The van der Waals surface area contributed by atoms with Crippen molar-refractivity contribution in [2.45, 2.75) is 0 Å². The first-order valence-electron chi connectivity index (χ1n) is 22.6. The second-order valence-corrected chi connectivity index (χ2v) is 11.9. The Hall–Kier alpha value is -6.23. The molecule has 2 aromatic heterocycles. The lowest BCUT2D eigenvalue weighted by molar-refractivity contribution is 1.07. The average molecular weight is 659 g/mol. The Bertz CT molecular complexity index is 3440. The van der Waals surface area contributed by atoms with Crippen molar-refractivity contribution in [2.75, 3.05) is 0 Å². The molecule has 4 heteroatoms. The van der Waals surface area contributed by atoms with Crippen LogP contribution in [0.15, 0.2) is 176 Å². The normalized spacial score (nSPS) is 15.6. The van der Waals surface area contributed by atoms with E-state index >= 15 is 0 Å². The summed E-state index contributed by atoms with van der Waals surface area (Å²) in [4.78, 5) is 14.1. The molecule has 0 aliphatic carbocycles. The van der Waals surface area contributed by atoms with Crippen molar-refractivity contribution >= 4 is 31.5 Å². The van der Waals surface area contributed by atoms with Gasteiger partial charge >= 0.3 is 0 Å². The predicted octanol–water partition coefficient (Wildman–Crippen LogP) is 12.2. The lowest BCUT2D eigenvalue weighted by Gasteiger charge is -2.11. The van der Waals surface area contributed by atoms with Gasteiger partial charge in [-0.3, -0.25) is 0 Å². The molecule has 3 nitrogen and oxygen atoms in total. The van der Waals surface area contributed by atoms with Gasteiger partial charge in [-0.05, 0) is 51.5 Å². The second-order valence-electron chi connectivity index (χ2n) is 10.9. The minimum absolute atomic E-state index is 0.00242. The fourth-order valence-corrected chi connectivity index (χ4v) is 6.53. The molecule has 49 heavy (non-hydrogen) atoms. The highest BCUT2D eigenvalue weighted by atomic mass is 32.1. The minimum Gasteiger partial charge on any atom is -0.208 e.